The van der Waals surface area contributed by atoms with Crippen molar-refractivity contribution in [3.8, 4) is 0 Å². The van der Waals surface area contributed by atoms with Gasteiger partial charge in [0.1, 0.15) is 6.23 Å². The van der Waals surface area contributed by atoms with Gasteiger partial charge in [0.25, 0.3) is 5.56 Å². The summed E-state index contributed by atoms with van der Waals surface area (Å²) in [5.41, 5.74) is 14.9. The number of aliphatic hydroxyl groups is 1. The Balaban J connectivity index is 0.000000200. The molecule has 4 N–H and O–H groups in total. The highest BCUT2D eigenvalue weighted by Gasteiger charge is 2.36. The topological polar surface area (TPSA) is 159 Å². The van der Waals surface area contributed by atoms with Crippen LogP contribution >= 0.6 is 0 Å². The summed E-state index contributed by atoms with van der Waals surface area (Å²) in [6, 6.07) is 10.4. The van der Waals surface area contributed by atoms with E-state index in [2.05, 4.69) is 39.3 Å². The number of ether oxygens (including phenoxy) is 1. The summed E-state index contributed by atoms with van der Waals surface area (Å²) in [6.45, 7) is 1.26. The number of rotatable bonds is 4. The quantitative estimate of drug-likeness (QED) is 0.400. The molecule has 1 saturated carbocycles. The van der Waals surface area contributed by atoms with E-state index in [4.69, 9.17) is 21.1 Å². The largest absolute Gasteiger partial charge is 0.394 e. The molecule has 0 spiro atoms. The molecular formula is C19H24N6O4. The number of aromatic nitrogens is 2. The molecule has 2 aromatic rings. The predicted molar refractivity (Wildman–Crippen MR) is 106 cm³/mol. The molecule has 0 amide bonds. The summed E-state index contributed by atoms with van der Waals surface area (Å²) >= 11 is 0. The van der Waals surface area contributed by atoms with E-state index in [1.54, 1.807) is 6.92 Å². The molecule has 5 atom stereocenters. The van der Waals surface area contributed by atoms with E-state index < -0.39 is 29.6 Å². The van der Waals surface area contributed by atoms with Crippen molar-refractivity contribution in [2.24, 2.45) is 10.8 Å². The third-order valence-corrected chi connectivity index (χ3v) is 5.11. The second-order valence-corrected chi connectivity index (χ2v) is 7.22. The lowest BCUT2D eigenvalue weighted by Crippen LogP contribution is -2.33. The number of H-pyrrole nitrogens is 1. The number of aromatic amines is 1. The first-order valence-corrected chi connectivity index (χ1v) is 9.37. The van der Waals surface area contributed by atoms with E-state index in [0.717, 1.165) is 0 Å². The van der Waals surface area contributed by atoms with Crippen LogP contribution in [0.1, 0.15) is 36.1 Å². The fraction of sp³-hybridized carbons (Fsp3) is 0.474. The Labute approximate surface area is 166 Å². The van der Waals surface area contributed by atoms with Gasteiger partial charge in [-0.1, -0.05) is 35.4 Å². The molecule has 1 aliphatic heterocycles. The summed E-state index contributed by atoms with van der Waals surface area (Å²) in [5.74, 6) is 0.654. The zero-order chi connectivity index (χ0) is 21.0. The molecule has 2 fully saturated rings. The lowest BCUT2D eigenvalue weighted by molar-refractivity contribution is -0.0271. The molecule has 1 aliphatic carbocycles. The van der Waals surface area contributed by atoms with Crippen molar-refractivity contribution >= 4 is 0 Å². The SMILES string of the molecule is Cc1cn(C2CC(N=[N+]=[N-])C(CO)O2)c(=O)[nH]c1=O.N[C@@H]1C[C@H]1c1ccccc1. The van der Waals surface area contributed by atoms with E-state index in [-0.39, 0.29) is 13.0 Å². The fourth-order valence-corrected chi connectivity index (χ4v) is 3.34. The first-order valence-electron chi connectivity index (χ1n) is 9.37. The average Bonchev–Trinajstić information content (AvgIpc) is 3.31. The molecular weight excluding hydrogens is 376 g/mol. The summed E-state index contributed by atoms with van der Waals surface area (Å²) in [7, 11) is 0. The third kappa shape index (κ3) is 4.93. The number of hydrogen-bond donors (Lipinski definition) is 3. The lowest BCUT2D eigenvalue weighted by Gasteiger charge is -2.14. The van der Waals surface area contributed by atoms with Crippen LogP contribution in [0.15, 0.2) is 51.2 Å². The number of nitrogens with zero attached hydrogens (tertiary/aromatic N) is 4. The van der Waals surface area contributed by atoms with Gasteiger partial charge in [-0.2, -0.15) is 0 Å². The molecule has 1 aromatic carbocycles. The molecule has 2 aliphatic rings. The van der Waals surface area contributed by atoms with Crippen LogP contribution in [0, 0.1) is 6.92 Å². The number of azide groups is 1. The third-order valence-electron chi connectivity index (χ3n) is 5.11. The minimum Gasteiger partial charge on any atom is -0.394 e. The number of nitrogens with two attached hydrogens (primary N) is 1. The fourth-order valence-electron chi connectivity index (χ4n) is 3.34. The first kappa shape index (κ1) is 20.8. The average molecular weight is 400 g/mol. The molecule has 1 saturated heterocycles. The Bertz CT molecular complexity index is 998. The van der Waals surface area contributed by atoms with Crippen LogP contribution in [0.25, 0.3) is 10.4 Å². The second-order valence-electron chi connectivity index (χ2n) is 7.22. The monoisotopic (exact) mass is 400 g/mol. The predicted octanol–water partition coefficient (Wildman–Crippen LogP) is 1.30. The van der Waals surface area contributed by atoms with Gasteiger partial charge in [0.15, 0.2) is 0 Å². The molecule has 10 heteroatoms. The summed E-state index contributed by atoms with van der Waals surface area (Å²) < 4.78 is 6.69. The van der Waals surface area contributed by atoms with E-state index in [0.29, 0.717) is 17.5 Å². The van der Waals surface area contributed by atoms with Gasteiger partial charge in [0, 0.05) is 35.1 Å². The van der Waals surface area contributed by atoms with Crippen LogP contribution in [0.2, 0.25) is 0 Å². The molecule has 2 heterocycles. The standard InChI is InChI=1S/C10H13N5O4.C9H11N/c1-5-3-15(10(18)12-9(5)17)8-2-6(13-14-11)7(4-16)19-8;10-9-6-8(9)7-4-2-1-3-5-7/h3,6-8,16H,2,4H2,1H3,(H,12,17,18);1-5,8-9H,6,10H2/t;8-,9+/m.0/s1. The van der Waals surface area contributed by atoms with Gasteiger partial charge in [-0.25, -0.2) is 4.79 Å². The van der Waals surface area contributed by atoms with Gasteiger partial charge in [-0.3, -0.25) is 14.3 Å². The Hall–Kier alpha value is -2.91. The van der Waals surface area contributed by atoms with Gasteiger partial charge in [0.05, 0.1) is 18.8 Å². The van der Waals surface area contributed by atoms with Crippen LogP contribution in [0.5, 0.6) is 0 Å². The van der Waals surface area contributed by atoms with E-state index in [1.165, 1.54) is 22.7 Å². The molecule has 0 bridgehead atoms. The molecule has 4 rings (SSSR count). The van der Waals surface area contributed by atoms with Crippen LogP contribution in [-0.4, -0.2) is 39.5 Å². The van der Waals surface area contributed by atoms with Gasteiger partial charge < -0.3 is 15.6 Å². The first-order chi connectivity index (χ1) is 13.9. The van der Waals surface area contributed by atoms with Gasteiger partial charge in [0.2, 0.25) is 0 Å². The smallest absolute Gasteiger partial charge is 0.330 e. The van der Waals surface area contributed by atoms with Crippen LogP contribution < -0.4 is 17.0 Å². The van der Waals surface area contributed by atoms with Crippen molar-refractivity contribution < 1.29 is 9.84 Å². The van der Waals surface area contributed by atoms with Crippen molar-refractivity contribution in [2.45, 2.75) is 50.1 Å². The van der Waals surface area contributed by atoms with Crippen LogP contribution in [0.3, 0.4) is 0 Å². The highest BCUT2D eigenvalue weighted by molar-refractivity contribution is 5.27. The van der Waals surface area contributed by atoms with Crippen LogP contribution in [0.4, 0.5) is 0 Å². The summed E-state index contributed by atoms with van der Waals surface area (Å²) in [5, 5.41) is 12.7. The molecule has 29 heavy (non-hydrogen) atoms. The minimum atomic E-state index is -0.671. The molecule has 10 nitrogen and oxygen atoms in total. The van der Waals surface area contributed by atoms with Crippen molar-refractivity contribution in [1.82, 2.24) is 9.55 Å². The number of aryl methyl sites for hydroxylation is 1. The van der Waals surface area contributed by atoms with E-state index in [9.17, 15) is 9.59 Å². The molecule has 154 valence electrons. The summed E-state index contributed by atoms with van der Waals surface area (Å²) in [4.78, 5) is 27.8. The van der Waals surface area contributed by atoms with Crippen molar-refractivity contribution in [2.75, 3.05) is 6.61 Å². The minimum absolute atomic E-state index is 0.265. The Kier molecular flexibility index (Phi) is 6.50. The zero-order valence-electron chi connectivity index (χ0n) is 16.0. The van der Waals surface area contributed by atoms with Gasteiger partial charge in [-0.05, 0) is 24.4 Å². The van der Waals surface area contributed by atoms with E-state index >= 15 is 0 Å². The summed E-state index contributed by atoms with van der Waals surface area (Å²) in [6.07, 6.45) is 1.50. The van der Waals surface area contributed by atoms with Crippen LogP contribution in [-0.2, 0) is 4.74 Å². The molecule has 3 unspecified atom stereocenters. The Morgan fingerprint density at radius 3 is 2.62 bits per heavy atom. The highest BCUT2D eigenvalue weighted by Crippen LogP contribution is 2.38. The number of nitrogens with one attached hydrogen (secondary N) is 1. The number of hydrogen-bond acceptors (Lipinski definition) is 6. The highest BCUT2D eigenvalue weighted by atomic mass is 16.5. The Morgan fingerprint density at radius 2 is 2.03 bits per heavy atom. The van der Waals surface area contributed by atoms with Crippen molar-refractivity contribution in [3.63, 3.8) is 0 Å². The zero-order valence-corrected chi connectivity index (χ0v) is 16.0. The van der Waals surface area contributed by atoms with Gasteiger partial charge in [-0.15, -0.1) is 0 Å². The maximum atomic E-state index is 11.7. The normalized spacial score (nSPS) is 27.5. The van der Waals surface area contributed by atoms with Gasteiger partial charge >= 0.3 is 5.69 Å². The van der Waals surface area contributed by atoms with E-state index in [1.807, 2.05) is 6.07 Å². The van der Waals surface area contributed by atoms with Crippen molar-refractivity contribution in [3.05, 3.63) is 78.9 Å². The molecule has 0 radical (unpaired) electrons. The number of aliphatic hydroxyl groups excluding tert-OH is 1. The maximum absolute atomic E-state index is 11.7. The maximum Gasteiger partial charge on any atom is 0.330 e. The number of benzene rings is 1. The molecule has 1 aromatic heterocycles. The van der Waals surface area contributed by atoms with Crippen molar-refractivity contribution in [1.29, 1.82) is 0 Å². The lowest BCUT2D eigenvalue weighted by atomic mass is 10.1. The second kappa shape index (κ2) is 9.06. The Morgan fingerprint density at radius 1 is 1.34 bits per heavy atom.